The average Bonchev–Trinajstić information content (AvgIpc) is 3.13. The van der Waals surface area contributed by atoms with Crippen LogP contribution in [0.2, 0.25) is 10.0 Å². The molecule has 0 saturated carbocycles. The molecule has 4 rings (SSSR count). The number of thiazole rings is 1. The van der Waals surface area contributed by atoms with Crippen molar-refractivity contribution in [1.82, 2.24) is 4.57 Å². The molecule has 0 aliphatic heterocycles. The van der Waals surface area contributed by atoms with E-state index in [9.17, 15) is 19.2 Å². The van der Waals surface area contributed by atoms with Gasteiger partial charge in [-0.05, 0) is 73.0 Å². The lowest BCUT2D eigenvalue weighted by Gasteiger charge is -2.10. The normalized spacial score (nSPS) is 12.3. The number of aromatic nitrogens is 1. The number of benzene rings is 3. The van der Waals surface area contributed by atoms with Crippen molar-refractivity contribution in [1.29, 1.82) is 5.26 Å². The van der Waals surface area contributed by atoms with Crippen molar-refractivity contribution in [3.8, 4) is 11.8 Å². The maximum absolute atomic E-state index is 13.8. The summed E-state index contributed by atoms with van der Waals surface area (Å²) in [6, 6.07) is 17.8. The summed E-state index contributed by atoms with van der Waals surface area (Å²) in [6.45, 7) is 3.71. The van der Waals surface area contributed by atoms with Crippen LogP contribution in [0.3, 0.4) is 0 Å². The molecular formula is C27H18Cl2FN3O2S. The number of carbonyl (C=O) groups is 1. The molecule has 180 valence electrons. The van der Waals surface area contributed by atoms with Gasteiger partial charge in [0.25, 0.3) is 11.5 Å². The Kier molecular flexibility index (Phi) is 7.41. The second kappa shape index (κ2) is 10.5. The van der Waals surface area contributed by atoms with E-state index in [0.717, 1.165) is 22.5 Å². The minimum atomic E-state index is -0.737. The van der Waals surface area contributed by atoms with E-state index >= 15 is 0 Å². The summed E-state index contributed by atoms with van der Waals surface area (Å²) in [6.07, 6.45) is 1.53. The molecule has 0 aliphatic carbocycles. The van der Waals surface area contributed by atoms with E-state index in [0.29, 0.717) is 16.3 Å². The number of hydrogen-bond acceptors (Lipinski definition) is 4. The second-order valence-corrected chi connectivity index (χ2v) is 9.84. The van der Waals surface area contributed by atoms with Crippen LogP contribution in [0, 0.1) is 31.0 Å². The molecule has 0 radical (unpaired) electrons. The predicted octanol–water partition coefficient (Wildman–Crippen LogP) is 5.10. The number of carbonyl (C=O) groups excluding carboxylic acids is 1. The van der Waals surface area contributed by atoms with Gasteiger partial charge in [0.1, 0.15) is 16.5 Å². The maximum Gasteiger partial charge on any atom is 0.273 e. The predicted molar refractivity (Wildman–Crippen MR) is 143 cm³/mol. The van der Waals surface area contributed by atoms with Crippen LogP contribution in [0.5, 0.6) is 0 Å². The number of nitriles is 1. The standard InChI is InChI=1S/C27H18Cl2FN3O2S/c1-15-6-7-16(2)23(10-15)33-26(35)24(12-17-4-3-5-19(30)11-17)36-27(33)20(14-31)25(34)32-22-9-8-18(28)13-21(22)29/h3-13H,1-2H3,(H,32,34)/b24-12-,27-20-. The van der Waals surface area contributed by atoms with E-state index < -0.39 is 17.3 Å². The summed E-state index contributed by atoms with van der Waals surface area (Å²) in [7, 11) is 0. The third-order valence-corrected chi connectivity index (χ3v) is 6.95. The summed E-state index contributed by atoms with van der Waals surface area (Å²) in [4.78, 5) is 26.8. The molecular weight excluding hydrogens is 520 g/mol. The summed E-state index contributed by atoms with van der Waals surface area (Å²) < 4.78 is 15.5. The molecule has 9 heteroatoms. The van der Waals surface area contributed by atoms with Crippen LogP contribution in [0.1, 0.15) is 16.7 Å². The van der Waals surface area contributed by atoms with Crippen LogP contribution in [-0.4, -0.2) is 10.5 Å². The highest BCUT2D eigenvalue weighted by Gasteiger charge is 2.19. The molecule has 5 nitrogen and oxygen atoms in total. The van der Waals surface area contributed by atoms with Gasteiger partial charge >= 0.3 is 0 Å². The number of amides is 1. The topological polar surface area (TPSA) is 74.9 Å². The molecule has 36 heavy (non-hydrogen) atoms. The first-order valence-corrected chi connectivity index (χ1v) is 12.2. The van der Waals surface area contributed by atoms with E-state index in [1.165, 1.54) is 41.0 Å². The number of anilines is 1. The van der Waals surface area contributed by atoms with Crippen LogP contribution >= 0.6 is 34.5 Å². The Morgan fingerprint density at radius 2 is 1.89 bits per heavy atom. The average molecular weight is 538 g/mol. The Morgan fingerprint density at radius 1 is 1.11 bits per heavy atom. The summed E-state index contributed by atoms with van der Waals surface area (Å²) >= 11 is 13.1. The molecule has 0 saturated heterocycles. The van der Waals surface area contributed by atoms with Gasteiger partial charge in [-0.1, -0.05) is 47.5 Å². The maximum atomic E-state index is 13.8. The number of nitrogens with zero attached hydrogens (tertiary/aromatic N) is 2. The minimum absolute atomic E-state index is 0.140. The fourth-order valence-corrected chi connectivity index (χ4v) is 5.10. The van der Waals surface area contributed by atoms with Crippen LogP contribution < -0.4 is 20.1 Å². The van der Waals surface area contributed by atoms with E-state index in [4.69, 9.17) is 23.2 Å². The highest BCUT2D eigenvalue weighted by Crippen LogP contribution is 2.25. The van der Waals surface area contributed by atoms with Crippen LogP contribution in [0.4, 0.5) is 10.1 Å². The molecule has 0 atom stereocenters. The van der Waals surface area contributed by atoms with Gasteiger partial charge < -0.3 is 5.32 Å². The van der Waals surface area contributed by atoms with Crippen molar-refractivity contribution in [2.24, 2.45) is 0 Å². The monoisotopic (exact) mass is 537 g/mol. The van der Waals surface area contributed by atoms with Crippen molar-refractivity contribution in [2.75, 3.05) is 5.32 Å². The van der Waals surface area contributed by atoms with Crippen molar-refractivity contribution in [2.45, 2.75) is 13.8 Å². The lowest BCUT2D eigenvalue weighted by Crippen LogP contribution is -2.32. The summed E-state index contributed by atoms with van der Waals surface area (Å²) in [5.74, 6) is -1.18. The Labute approximate surface area is 220 Å². The van der Waals surface area contributed by atoms with Crippen molar-refractivity contribution in [3.63, 3.8) is 0 Å². The Balaban J connectivity index is 2.01. The van der Waals surface area contributed by atoms with E-state index in [1.807, 2.05) is 38.1 Å². The van der Waals surface area contributed by atoms with E-state index in [2.05, 4.69) is 5.32 Å². The molecule has 1 heterocycles. The lowest BCUT2D eigenvalue weighted by molar-refractivity contribution is -0.111. The van der Waals surface area contributed by atoms with Gasteiger partial charge in [0.2, 0.25) is 0 Å². The quantitative estimate of drug-likeness (QED) is 0.393. The van der Waals surface area contributed by atoms with Gasteiger partial charge in [0, 0.05) is 5.02 Å². The molecule has 0 spiro atoms. The molecule has 0 bridgehead atoms. The van der Waals surface area contributed by atoms with Gasteiger partial charge in [-0.25, -0.2) is 4.39 Å². The molecule has 4 aromatic rings. The van der Waals surface area contributed by atoms with Gasteiger partial charge in [-0.3, -0.25) is 14.2 Å². The van der Waals surface area contributed by atoms with Crippen molar-refractivity contribution < 1.29 is 9.18 Å². The van der Waals surface area contributed by atoms with Crippen molar-refractivity contribution >= 4 is 57.8 Å². The number of hydrogen-bond donors (Lipinski definition) is 1. The third kappa shape index (κ3) is 5.26. The zero-order chi connectivity index (χ0) is 26.0. The van der Waals surface area contributed by atoms with Crippen LogP contribution in [0.25, 0.3) is 17.3 Å². The molecule has 1 aromatic heterocycles. The van der Waals surface area contributed by atoms with Crippen LogP contribution in [0.15, 0.2) is 65.5 Å². The third-order valence-electron chi connectivity index (χ3n) is 5.31. The zero-order valence-electron chi connectivity index (χ0n) is 19.1. The van der Waals surface area contributed by atoms with Crippen LogP contribution in [-0.2, 0) is 4.79 Å². The molecule has 0 aliphatic rings. The fourth-order valence-electron chi connectivity index (χ4n) is 3.55. The van der Waals surface area contributed by atoms with Gasteiger partial charge in [0.05, 0.1) is 20.9 Å². The Hall–Kier alpha value is -3.70. The first-order chi connectivity index (χ1) is 17.2. The number of halogens is 3. The zero-order valence-corrected chi connectivity index (χ0v) is 21.4. The van der Waals surface area contributed by atoms with Crippen molar-refractivity contribution in [3.05, 3.63) is 113 Å². The Bertz CT molecular complexity index is 1740. The first kappa shape index (κ1) is 25.4. The SMILES string of the molecule is Cc1ccc(C)c(-n2c(=O)/c(=C/c3cccc(F)c3)s/c2=C(/C#N)C(=O)Nc2ccc(Cl)cc2Cl)c1. The fraction of sp³-hybridized carbons (Fsp3) is 0.0741. The molecule has 3 aromatic carbocycles. The summed E-state index contributed by atoms with van der Waals surface area (Å²) in [5, 5.41) is 13.2. The van der Waals surface area contributed by atoms with Gasteiger partial charge in [-0.15, -0.1) is 11.3 Å². The number of rotatable bonds is 4. The lowest BCUT2D eigenvalue weighted by atomic mass is 10.1. The minimum Gasteiger partial charge on any atom is -0.320 e. The highest BCUT2D eigenvalue weighted by molar-refractivity contribution is 7.07. The largest absolute Gasteiger partial charge is 0.320 e. The molecule has 0 fully saturated rings. The Morgan fingerprint density at radius 3 is 2.58 bits per heavy atom. The highest BCUT2D eigenvalue weighted by atomic mass is 35.5. The second-order valence-electron chi connectivity index (χ2n) is 7.97. The van der Waals surface area contributed by atoms with Gasteiger partial charge in [0.15, 0.2) is 5.57 Å². The van der Waals surface area contributed by atoms with E-state index in [-0.39, 0.29) is 25.5 Å². The number of aryl methyl sites for hydroxylation is 2. The van der Waals surface area contributed by atoms with E-state index in [1.54, 1.807) is 12.1 Å². The molecule has 1 amide bonds. The van der Waals surface area contributed by atoms with Gasteiger partial charge in [-0.2, -0.15) is 5.26 Å². The number of nitrogens with one attached hydrogen (secondary N) is 1. The molecule has 0 unspecified atom stereocenters. The first-order valence-electron chi connectivity index (χ1n) is 10.7. The molecule has 1 N–H and O–H groups in total. The smallest absolute Gasteiger partial charge is 0.273 e. The summed E-state index contributed by atoms with van der Waals surface area (Å²) in [5.41, 5.74) is 2.24.